The molecule has 0 unspecified atom stereocenters. The van der Waals surface area contributed by atoms with E-state index in [1.807, 2.05) is 16.9 Å². The van der Waals surface area contributed by atoms with Crippen LogP contribution < -0.4 is 10.6 Å². The first-order chi connectivity index (χ1) is 11.2. The number of aromatic nitrogens is 2. The number of nitrogens with zero attached hydrogens (tertiary/aromatic N) is 2. The molecule has 2 heterocycles. The van der Waals surface area contributed by atoms with E-state index in [4.69, 9.17) is 0 Å². The molecule has 0 saturated heterocycles. The van der Waals surface area contributed by atoms with Gasteiger partial charge in [0.25, 0.3) is 0 Å². The van der Waals surface area contributed by atoms with Crippen molar-refractivity contribution in [2.45, 2.75) is 19.9 Å². The summed E-state index contributed by atoms with van der Waals surface area (Å²) in [6, 6.07) is 10.5. The molecule has 2 atom stereocenters. The Morgan fingerprint density at radius 3 is 3.17 bits per heavy atom. The monoisotopic (exact) mass is 314 g/mol. The lowest BCUT2D eigenvalue weighted by atomic mass is 9.98. The minimum atomic E-state index is 0.215. The Kier molecular flexibility index (Phi) is 5.31. The van der Waals surface area contributed by atoms with E-state index >= 15 is 0 Å². The first-order valence-corrected chi connectivity index (χ1v) is 8.37. The van der Waals surface area contributed by atoms with Gasteiger partial charge in [-0.2, -0.15) is 5.10 Å². The molecule has 3 rings (SSSR count). The average Bonchev–Trinajstić information content (AvgIpc) is 3.01. The normalized spacial score (nSPS) is 18.3. The summed E-state index contributed by atoms with van der Waals surface area (Å²) in [6.07, 6.45) is 2.75. The zero-order valence-electron chi connectivity index (χ0n) is 13.7. The smallest absolute Gasteiger partial charge is 0.124 e. The molecule has 1 aromatic carbocycles. The fraction of sp³-hybridized carbons (Fsp3) is 0.500. The highest BCUT2D eigenvalue weighted by molar-refractivity contribution is 5.35. The summed E-state index contributed by atoms with van der Waals surface area (Å²) >= 11 is 0. The van der Waals surface area contributed by atoms with E-state index < -0.39 is 0 Å². The SMILES string of the molecule is Cc1cccc(C[C@H](CO)CNC[C@H]2CNc3ccnn3C2)c1. The lowest BCUT2D eigenvalue weighted by Crippen LogP contribution is -2.37. The van der Waals surface area contributed by atoms with Crippen LogP contribution in [0.5, 0.6) is 0 Å². The van der Waals surface area contributed by atoms with Gasteiger partial charge in [-0.1, -0.05) is 29.8 Å². The number of anilines is 1. The van der Waals surface area contributed by atoms with Crippen molar-refractivity contribution in [2.24, 2.45) is 11.8 Å². The molecule has 5 heteroatoms. The number of aliphatic hydroxyl groups is 1. The minimum absolute atomic E-state index is 0.215. The largest absolute Gasteiger partial charge is 0.396 e. The van der Waals surface area contributed by atoms with E-state index in [1.54, 1.807) is 0 Å². The van der Waals surface area contributed by atoms with Crippen LogP contribution >= 0.6 is 0 Å². The van der Waals surface area contributed by atoms with E-state index in [1.165, 1.54) is 11.1 Å². The molecule has 0 saturated carbocycles. The summed E-state index contributed by atoms with van der Waals surface area (Å²) in [7, 11) is 0. The van der Waals surface area contributed by atoms with Crippen LogP contribution in [0.3, 0.4) is 0 Å². The fourth-order valence-corrected chi connectivity index (χ4v) is 3.19. The molecule has 5 nitrogen and oxygen atoms in total. The third kappa shape index (κ3) is 4.33. The highest BCUT2D eigenvalue weighted by Crippen LogP contribution is 2.16. The maximum Gasteiger partial charge on any atom is 0.124 e. The first kappa shape index (κ1) is 16.0. The van der Waals surface area contributed by atoms with Crippen LogP contribution in [0.15, 0.2) is 36.5 Å². The van der Waals surface area contributed by atoms with Gasteiger partial charge in [-0.25, -0.2) is 4.68 Å². The van der Waals surface area contributed by atoms with Gasteiger partial charge in [0.1, 0.15) is 5.82 Å². The predicted octanol–water partition coefficient (Wildman–Crippen LogP) is 1.67. The molecule has 1 aliphatic heterocycles. The number of fused-ring (bicyclic) bond motifs is 1. The molecule has 0 bridgehead atoms. The van der Waals surface area contributed by atoms with E-state index in [2.05, 4.69) is 46.9 Å². The molecule has 2 aromatic rings. The highest BCUT2D eigenvalue weighted by Gasteiger charge is 2.18. The van der Waals surface area contributed by atoms with Gasteiger partial charge in [-0.3, -0.25) is 0 Å². The van der Waals surface area contributed by atoms with Crippen LogP contribution in [0.1, 0.15) is 11.1 Å². The van der Waals surface area contributed by atoms with Gasteiger partial charge in [-0.05, 0) is 24.8 Å². The van der Waals surface area contributed by atoms with Crippen LogP contribution in [-0.2, 0) is 13.0 Å². The summed E-state index contributed by atoms with van der Waals surface area (Å²) in [5.41, 5.74) is 2.57. The van der Waals surface area contributed by atoms with Crippen LogP contribution in [0, 0.1) is 18.8 Å². The zero-order valence-corrected chi connectivity index (χ0v) is 13.7. The standard InChI is InChI=1S/C18H26N4O/c1-14-3-2-4-15(7-14)8-16(13-23)9-19-10-17-11-20-18-5-6-21-22(18)12-17/h2-7,16-17,19-20,23H,8-13H2,1H3/t16-,17-/m0/s1. The van der Waals surface area contributed by atoms with Gasteiger partial charge < -0.3 is 15.7 Å². The van der Waals surface area contributed by atoms with E-state index in [0.29, 0.717) is 5.92 Å². The average molecular weight is 314 g/mol. The third-order valence-electron chi connectivity index (χ3n) is 4.45. The molecular formula is C18H26N4O. The Balaban J connectivity index is 1.44. The van der Waals surface area contributed by atoms with Crippen molar-refractivity contribution in [3.63, 3.8) is 0 Å². The van der Waals surface area contributed by atoms with Gasteiger partial charge >= 0.3 is 0 Å². The van der Waals surface area contributed by atoms with Crippen molar-refractivity contribution in [1.82, 2.24) is 15.1 Å². The van der Waals surface area contributed by atoms with Crippen molar-refractivity contribution in [3.05, 3.63) is 47.7 Å². The fourth-order valence-electron chi connectivity index (χ4n) is 3.19. The second-order valence-corrected chi connectivity index (χ2v) is 6.55. The third-order valence-corrected chi connectivity index (χ3v) is 4.45. The molecule has 0 aliphatic carbocycles. The summed E-state index contributed by atoms with van der Waals surface area (Å²) in [5.74, 6) is 1.89. The van der Waals surface area contributed by atoms with Crippen molar-refractivity contribution < 1.29 is 5.11 Å². The summed E-state index contributed by atoms with van der Waals surface area (Å²) < 4.78 is 2.02. The Hall–Kier alpha value is -1.85. The summed E-state index contributed by atoms with van der Waals surface area (Å²) in [4.78, 5) is 0. The Morgan fingerprint density at radius 1 is 1.43 bits per heavy atom. The number of rotatable bonds is 7. The lowest BCUT2D eigenvalue weighted by molar-refractivity contribution is 0.219. The molecule has 124 valence electrons. The Bertz CT molecular complexity index is 625. The Morgan fingerprint density at radius 2 is 2.35 bits per heavy atom. The number of nitrogens with one attached hydrogen (secondary N) is 2. The Labute approximate surface area is 137 Å². The quantitative estimate of drug-likeness (QED) is 0.727. The number of aliphatic hydroxyl groups excluding tert-OH is 1. The second kappa shape index (κ2) is 7.62. The number of hydrogen-bond acceptors (Lipinski definition) is 4. The highest BCUT2D eigenvalue weighted by atomic mass is 16.3. The summed E-state index contributed by atoms with van der Waals surface area (Å²) in [6.45, 7) is 6.02. The molecule has 3 N–H and O–H groups in total. The molecule has 1 aromatic heterocycles. The maximum atomic E-state index is 9.63. The molecule has 23 heavy (non-hydrogen) atoms. The lowest BCUT2D eigenvalue weighted by Gasteiger charge is -2.26. The van der Waals surface area contributed by atoms with E-state index in [0.717, 1.165) is 38.4 Å². The molecule has 0 spiro atoms. The topological polar surface area (TPSA) is 62.1 Å². The molecule has 0 radical (unpaired) electrons. The van der Waals surface area contributed by atoms with E-state index in [-0.39, 0.29) is 12.5 Å². The maximum absolute atomic E-state index is 9.63. The van der Waals surface area contributed by atoms with Gasteiger partial charge in [0.15, 0.2) is 0 Å². The van der Waals surface area contributed by atoms with E-state index in [9.17, 15) is 5.11 Å². The van der Waals surface area contributed by atoms with Crippen molar-refractivity contribution in [1.29, 1.82) is 0 Å². The number of hydrogen-bond donors (Lipinski definition) is 3. The van der Waals surface area contributed by atoms with Gasteiger partial charge in [0.05, 0.1) is 6.20 Å². The molecule has 0 fully saturated rings. The van der Waals surface area contributed by atoms with Crippen molar-refractivity contribution in [2.75, 3.05) is 31.6 Å². The minimum Gasteiger partial charge on any atom is -0.396 e. The van der Waals surface area contributed by atoms with Crippen LogP contribution in [0.4, 0.5) is 5.82 Å². The van der Waals surface area contributed by atoms with Gasteiger partial charge in [0.2, 0.25) is 0 Å². The number of benzene rings is 1. The van der Waals surface area contributed by atoms with Gasteiger partial charge in [-0.15, -0.1) is 0 Å². The second-order valence-electron chi connectivity index (χ2n) is 6.55. The summed E-state index contributed by atoms with van der Waals surface area (Å²) in [5, 5.41) is 20.9. The molecular weight excluding hydrogens is 288 g/mol. The predicted molar refractivity (Wildman–Crippen MR) is 92.5 cm³/mol. The van der Waals surface area contributed by atoms with Gasteiger partial charge in [0, 0.05) is 44.8 Å². The van der Waals surface area contributed by atoms with Crippen LogP contribution in [0.2, 0.25) is 0 Å². The van der Waals surface area contributed by atoms with Crippen LogP contribution in [-0.4, -0.2) is 41.1 Å². The number of aryl methyl sites for hydroxylation is 1. The first-order valence-electron chi connectivity index (χ1n) is 8.37. The molecule has 1 aliphatic rings. The van der Waals surface area contributed by atoms with Crippen molar-refractivity contribution >= 4 is 5.82 Å². The van der Waals surface area contributed by atoms with Crippen molar-refractivity contribution in [3.8, 4) is 0 Å². The molecule has 0 amide bonds. The zero-order chi connectivity index (χ0) is 16.1. The van der Waals surface area contributed by atoms with Crippen LogP contribution in [0.25, 0.3) is 0 Å².